The van der Waals surface area contributed by atoms with Gasteiger partial charge in [-0.1, -0.05) is 136 Å². The van der Waals surface area contributed by atoms with Crippen LogP contribution in [0, 0.1) is 0 Å². The van der Waals surface area contributed by atoms with Gasteiger partial charge in [0.25, 0.3) is 0 Å². The summed E-state index contributed by atoms with van der Waals surface area (Å²) in [4.78, 5) is 12.4. The lowest BCUT2D eigenvalue weighted by Gasteiger charge is -2.42. The van der Waals surface area contributed by atoms with Gasteiger partial charge in [0.05, 0.1) is 28.1 Å². The largest absolute Gasteiger partial charge is 0.383 e. The number of anilines is 3. The van der Waals surface area contributed by atoms with Crippen LogP contribution in [0.2, 0.25) is 0 Å². The van der Waals surface area contributed by atoms with E-state index in [2.05, 4.69) is 121 Å². The quantitative estimate of drug-likeness (QED) is 0.102. The van der Waals surface area contributed by atoms with Crippen molar-refractivity contribution in [3.63, 3.8) is 0 Å². The van der Waals surface area contributed by atoms with Crippen LogP contribution < -0.4 is 10.6 Å². The van der Waals surface area contributed by atoms with Crippen molar-refractivity contribution in [3.8, 4) is 5.82 Å². The molecule has 0 bridgehead atoms. The number of pyridine rings is 1. The summed E-state index contributed by atoms with van der Waals surface area (Å²) < 4.78 is 2.26. The zero-order chi connectivity index (χ0) is 36.8. The summed E-state index contributed by atoms with van der Waals surface area (Å²) >= 11 is 0. The Kier molecular flexibility index (Phi) is 8.05. The molecule has 0 fully saturated rings. The predicted molar refractivity (Wildman–Crippen MR) is 226 cm³/mol. The van der Waals surface area contributed by atoms with E-state index >= 15 is 0 Å². The van der Waals surface area contributed by atoms with Crippen molar-refractivity contribution in [1.82, 2.24) is 9.55 Å². The van der Waals surface area contributed by atoms with E-state index in [1.165, 1.54) is 27.6 Å². The first kappa shape index (κ1) is 32.9. The van der Waals surface area contributed by atoms with Crippen molar-refractivity contribution < 1.29 is 0 Å². The number of aliphatic imine (C=N–C) groups is 1. The Hall–Kier alpha value is -6.98. The van der Waals surface area contributed by atoms with E-state index in [9.17, 15) is 0 Å². The molecule has 0 saturated heterocycles. The van der Waals surface area contributed by atoms with Gasteiger partial charge in [-0.2, -0.15) is 0 Å². The first-order valence-electron chi connectivity index (χ1n) is 18.2. The Morgan fingerprint density at radius 2 is 1.28 bits per heavy atom. The number of benzene rings is 6. The van der Waals surface area contributed by atoms with Gasteiger partial charge in [0.15, 0.2) is 0 Å². The van der Waals surface area contributed by atoms with E-state index in [4.69, 9.17) is 15.7 Å². The Labute approximate surface area is 315 Å². The van der Waals surface area contributed by atoms with Crippen molar-refractivity contribution in [2.75, 3.05) is 4.90 Å². The van der Waals surface area contributed by atoms with Crippen LogP contribution in [0.1, 0.15) is 41.7 Å². The van der Waals surface area contributed by atoms with Crippen molar-refractivity contribution in [1.29, 1.82) is 0 Å². The summed E-state index contributed by atoms with van der Waals surface area (Å²) in [5.41, 5.74) is 19.0. The molecule has 1 aliphatic heterocycles. The Morgan fingerprint density at radius 3 is 2.00 bits per heavy atom. The number of amidine groups is 1. The minimum Gasteiger partial charge on any atom is -0.383 e. The van der Waals surface area contributed by atoms with Crippen molar-refractivity contribution in [3.05, 3.63) is 210 Å². The van der Waals surface area contributed by atoms with Crippen LogP contribution in [0.4, 0.5) is 17.1 Å². The standard InChI is InChI=1S/C49H39N5/c1-33(34-17-7-4-8-18-34)29-42(35-19-9-5-10-20-35)52-48(50)36-27-28-47(51-32-36)54-43-25-15-13-23-38(43)39-30-41-46(31-45(39)54)53(37-21-11-6-12-22-37)44-26-16-14-24-40(44)49(41,2)3/h4-32H,1H2,2-3H3,(H2,50,52)/b42-29-. The molecule has 2 N–H and O–H groups in total. The van der Waals surface area contributed by atoms with E-state index in [-0.39, 0.29) is 5.41 Å². The molecule has 8 aromatic rings. The van der Waals surface area contributed by atoms with Gasteiger partial charge in [-0.15, -0.1) is 0 Å². The van der Waals surface area contributed by atoms with Gasteiger partial charge in [-0.25, -0.2) is 9.98 Å². The molecule has 3 heterocycles. The summed E-state index contributed by atoms with van der Waals surface area (Å²) in [7, 11) is 0. The number of para-hydroxylation sites is 3. The highest BCUT2D eigenvalue weighted by molar-refractivity contribution is 6.11. The van der Waals surface area contributed by atoms with Crippen LogP contribution in [0.15, 0.2) is 188 Å². The van der Waals surface area contributed by atoms with E-state index < -0.39 is 0 Å². The third kappa shape index (κ3) is 5.58. The lowest BCUT2D eigenvalue weighted by molar-refractivity contribution is 0.633. The molecule has 1 aliphatic rings. The number of fused-ring (bicyclic) bond motifs is 5. The van der Waals surface area contributed by atoms with Gasteiger partial charge in [0.2, 0.25) is 0 Å². The molecule has 0 atom stereocenters. The third-order valence-electron chi connectivity index (χ3n) is 10.6. The molecule has 0 radical (unpaired) electrons. The molecule has 54 heavy (non-hydrogen) atoms. The van der Waals surface area contributed by atoms with E-state index in [1.54, 1.807) is 0 Å². The van der Waals surface area contributed by atoms with Gasteiger partial charge in [0, 0.05) is 39.2 Å². The summed E-state index contributed by atoms with van der Waals surface area (Å²) in [6, 6.07) is 56.9. The maximum absolute atomic E-state index is 6.74. The van der Waals surface area contributed by atoms with Gasteiger partial charge in [-0.05, 0) is 76.9 Å². The maximum Gasteiger partial charge on any atom is 0.137 e. The van der Waals surface area contributed by atoms with Crippen molar-refractivity contribution in [2.45, 2.75) is 19.3 Å². The Bertz CT molecular complexity index is 2740. The second-order valence-corrected chi connectivity index (χ2v) is 14.2. The molecule has 9 rings (SSSR count). The summed E-state index contributed by atoms with van der Waals surface area (Å²) in [5.74, 6) is 1.18. The topological polar surface area (TPSA) is 59.4 Å². The third-order valence-corrected chi connectivity index (χ3v) is 10.6. The number of hydrogen-bond donors (Lipinski definition) is 1. The van der Waals surface area contributed by atoms with Crippen molar-refractivity contribution >= 4 is 56.0 Å². The smallest absolute Gasteiger partial charge is 0.137 e. The molecule has 2 aromatic heterocycles. The fourth-order valence-corrected chi connectivity index (χ4v) is 7.82. The first-order valence-corrected chi connectivity index (χ1v) is 18.2. The Balaban J connectivity index is 1.17. The highest BCUT2D eigenvalue weighted by Gasteiger charge is 2.37. The van der Waals surface area contributed by atoms with E-state index in [0.717, 1.165) is 56.2 Å². The molecule has 0 amide bonds. The number of hydrogen-bond acceptors (Lipinski definition) is 3. The monoisotopic (exact) mass is 697 g/mol. The molecule has 5 nitrogen and oxygen atoms in total. The molecule has 0 spiro atoms. The molecular weight excluding hydrogens is 659 g/mol. The van der Waals surface area contributed by atoms with Crippen LogP contribution in [0.25, 0.3) is 38.9 Å². The summed E-state index contributed by atoms with van der Waals surface area (Å²) in [6.07, 6.45) is 3.80. The number of nitrogens with two attached hydrogens (primary N) is 1. The van der Waals surface area contributed by atoms with Crippen LogP contribution in [0.3, 0.4) is 0 Å². The van der Waals surface area contributed by atoms with Gasteiger partial charge in [0.1, 0.15) is 11.7 Å². The van der Waals surface area contributed by atoms with Crippen LogP contribution >= 0.6 is 0 Å². The average Bonchev–Trinajstić information content (AvgIpc) is 3.54. The lowest BCUT2D eigenvalue weighted by Crippen LogP contribution is -2.30. The minimum absolute atomic E-state index is 0.216. The van der Waals surface area contributed by atoms with Gasteiger partial charge >= 0.3 is 0 Å². The summed E-state index contributed by atoms with van der Waals surface area (Å²) in [5, 5.41) is 2.37. The number of allylic oxidation sites excluding steroid dienone is 2. The molecule has 0 aliphatic carbocycles. The molecular formula is C49H39N5. The number of aromatic nitrogens is 2. The first-order chi connectivity index (χ1) is 26.4. The van der Waals surface area contributed by atoms with Crippen LogP contribution in [-0.2, 0) is 5.41 Å². The molecule has 0 saturated carbocycles. The number of rotatable bonds is 7. The zero-order valence-corrected chi connectivity index (χ0v) is 30.3. The van der Waals surface area contributed by atoms with Gasteiger partial charge < -0.3 is 10.6 Å². The number of nitrogens with zero attached hydrogens (tertiary/aromatic N) is 4. The highest BCUT2D eigenvalue weighted by Crippen LogP contribution is 2.53. The van der Waals surface area contributed by atoms with Gasteiger partial charge in [-0.3, -0.25) is 4.57 Å². The van der Waals surface area contributed by atoms with E-state index in [0.29, 0.717) is 5.84 Å². The zero-order valence-electron chi connectivity index (χ0n) is 30.3. The van der Waals surface area contributed by atoms with Crippen molar-refractivity contribution in [2.24, 2.45) is 10.7 Å². The Morgan fingerprint density at radius 1 is 0.630 bits per heavy atom. The lowest BCUT2D eigenvalue weighted by atomic mass is 9.73. The molecule has 0 unspecified atom stereocenters. The van der Waals surface area contributed by atoms with Crippen LogP contribution in [-0.4, -0.2) is 15.4 Å². The summed E-state index contributed by atoms with van der Waals surface area (Å²) in [6.45, 7) is 8.99. The fraction of sp³-hybridized carbons (Fsp3) is 0.0612. The SMILES string of the molecule is C=C(/C=C(\N=C(N)c1ccc(-n2c3ccccc3c3cc4c(cc32)N(c2ccccc2)c2ccccc2C4(C)C)nc1)c1ccccc1)c1ccccc1. The highest BCUT2D eigenvalue weighted by atomic mass is 15.2. The average molecular weight is 698 g/mol. The predicted octanol–water partition coefficient (Wildman–Crippen LogP) is 11.7. The second-order valence-electron chi connectivity index (χ2n) is 14.2. The van der Waals surface area contributed by atoms with Crippen LogP contribution in [0.5, 0.6) is 0 Å². The molecule has 6 aromatic carbocycles. The maximum atomic E-state index is 6.74. The second kappa shape index (κ2) is 13.2. The minimum atomic E-state index is -0.216. The molecule has 260 valence electrons. The normalized spacial score (nSPS) is 13.9. The fourth-order valence-electron chi connectivity index (χ4n) is 7.82. The molecule has 5 heteroatoms. The van der Waals surface area contributed by atoms with E-state index in [1.807, 2.05) is 85.1 Å².